The van der Waals surface area contributed by atoms with Crippen LogP contribution in [0.25, 0.3) is 11.3 Å². The van der Waals surface area contributed by atoms with Gasteiger partial charge in [-0.25, -0.2) is 4.79 Å². The van der Waals surface area contributed by atoms with Crippen LogP contribution in [0.15, 0.2) is 47.0 Å². The molecule has 0 atom stereocenters. The van der Waals surface area contributed by atoms with Crippen molar-refractivity contribution in [2.45, 2.75) is 26.3 Å². The molecule has 0 radical (unpaired) electrons. The van der Waals surface area contributed by atoms with Gasteiger partial charge in [-0.1, -0.05) is 5.16 Å². The highest BCUT2D eigenvalue weighted by molar-refractivity contribution is 5.93. The molecule has 0 unspecified atom stereocenters. The summed E-state index contributed by atoms with van der Waals surface area (Å²) in [6.45, 7) is 5.77. The van der Waals surface area contributed by atoms with Crippen LogP contribution in [-0.4, -0.2) is 62.9 Å². The minimum atomic E-state index is -0.593. The van der Waals surface area contributed by atoms with Crippen molar-refractivity contribution in [2.75, 3.05) is 20.2 Å². The number of amides is 2. The average Bonchev–Trinajstić information content (AvgIpc) is 3.30. The molecule has 0 aliphatic heterocycles. The molecule has 0 saturated heterocycles. The van der Waals surface area contributed by atoms with E-state index in [1.54, 1.807) is 0 Å². The van der Waals surface area contributed by atoms with Gasteiger partial charge in [0.2, 0.25) is 0 Å². The number of phenolic OH excluding ortho intramolecular Hbond substituents is 2. The zero-order valence-corrected chi connectivity index (χ0v) is 20.5. The van der Waals surface area contributed by atoms with Crippen LogP contribution in [0.2, 0.25) is 0 Å². The second kappa shape index (κ2) is 10.8. The van der Waals surface area contributed by atoms with E-state index in [1.807, 2.05) is 20.8 Å². The zero-order chi connectivity index (χ0) is 27.3. The molecule has 3 aromatic rings. The number of nitrogens with zero attached hydrogens (tertiary/aromatic N) is 3. The van der Waals surface area contributed by atoms with Crippen LogP contribution in [0.5, 0.6) is 23.0 Å². The molecule has 0 saturated carbocycles. The molecule has 0 bridgehead atoms. The molecule has 37 heavy (non-hydrogen) atoms. The maximum absolute atomic E-state index is 12.6. The predicted octanol–water partition coefficient (Wildman–Crippen LogP) is 4.05. The van der Waals surface area contributed by atoms with Gasteiger partial charge >= 0.3 is 6.09 Å². The molecule has 0 aliphatic carbocycles. The summed E-state index contributed by atoms with van der Waals surface area (Å²) in [7, 11) is 1.27. The second-order valence-electron chi connectivity index (χ2n) is 8.82. The third kappa shape index (κ3) is 6.45. The molecule has 1 heterocycles. The Kier molecular flexibility index (Phi) is 7.85. The number of non-ortho nitro benzene ring substituents is 1. The predicted molar refractivity (Wildman–Crippen MR) is 130 cm³/mol. The SMILES string of the molecule is COC(=O)N(CCNC(=O)c1cc(-c2c(O)cc(O)cc2Oc2ccc([N+](=O)[O-])cc2)on1)C(C)(C)C. The highest BCUT2D eigenvalue weighted by Crippen LogP contribution is 2.43. The fourth-order valence-electron chi connectivity index (χ4n) is 3.36. The number of ether oxygens (including phenoxy) is 2. The highest BCUT2D eigenvalue weighted by atomic mass is 16.6. The number of carbonyl (C=O) groups is 2. The van der Waals surface area contributed by atoms with Crippen molar-refractivity contribution < 1.29 is 38.7 Å². The summed E-state index contributed by atoms with van der Waals surface area (Å²) in [6, 6.07) is 8.67. The number of aromatic nitrogens is 1. The van der Waals surface area contributed by atoms with Crippen LogP contribution >= 0.6 is 0 Å². The van der Waals surface area contributed by atoms with Crippen LogP contribution in [0.4, 0.5) is 10.5 Å². The Balaban J connectivity index is 1.78. The van der Waals surface area contributed by atoms with Gasteiger partial charge in [0.25, 0.3) is 11.6 Å². The molecule has 3 N–H and O–H groups in total. The quantitative estimate of drug-likeness (QED) is 0.293. The molecule has 0 aliphatic rings. The maximum atomic E-state index is 12.6. The van der Waals surface area contributed by atoms with Gasteiger partial charge in [-0.2, -0.15) is 0 Å². The zero-order valence-electron chi connectivity index (χ0n) is 20.5. The number of phenols is 2. The van der Waals surface area contributed by atoms with Crippen molar-refractivity contribution in [2.24, 2.45) is 0 Å². The van der Waals surface area contributed by atoms with E-state index >= 15 is 0 Å². The number of benzene rings is 2. The van der Waals surface area contributed by atoms with Gasteiger partial charge in [-0.15, -0.1) is 0 Å². The summed E-state index contributed by atoms with van der Waals surface area (Å²) < 4.78 is 15.7. The molecule has 0 spiro atoms. The lowest BCUT2D eigenvalue weighted by molar-refractivity contribution is -0.384. The van der Waals surface area contributed by atoms with E-state index in [0.29, 0.717) is 0 Å². The first-order valence-electron chi connectivity index (χ1n) is 11.0. The summed E-state index contributed by atoms with van der Waals surface area (Å²) in [6.07, 6.45) is -0.533. The Morgan fingerprint density at radius 3 is 2.43 bits per heavy atom. The number of carbonyl (C=O) groups excluding carboxylic acids is 2. The van der Waals surface area contributed by atoms with E-state index in [2.05, 4.69) is 10.5 Å². The molecule has 2 amide bonds. The van der Waals surface area contributed by atoms with Gasteiger partial charge in [0.15, 0.2) is 11.5 Å². The summed E-state index contributed by atoms with van der Waals surface area (Å²) >= 11 is 0. The van der Waals surface area contributed by atoms with Crippen molar-refractivity contribution in [3.8, 4) is 34.3 Å². The molecular formula is C24H26N4O9. The van der Waals surface area contributed by atoms with Crippen LogP contribution in [0.3, 0.4) is 0 Å². The Hall–Kier alpha value is -4.81. The van der Waals surface area contributed by atoms with Crippen molar-refractivity contribution in [1.82, 2.24) is 15.4 Å². The Labute approximate surface area is 211 Å². The van der Waals surface area contributed by atoms with E-state index in [-0.39, 0.29) is 53.0 Å². The second-order valence-corrected chi connectivity index (χ2v) is 8.82. The fraction of sp³-hybridized carbons (Fsp3) is 0.292. The van der Waals surface area contributed by atoms with Crippen LogP contribution < -0.4 is 10.1 Å². The van der Waals surface area contributed by atoms with E-state index in [1.165, 1.54) is 48.4 Å². The smallest absolute Gasteiger partial charge is 0.409 e. The first kappa shape index (κ1) is 26.8. The number of methoxy groups -OCH3 is 1. The molecule has 13 nitrogen and oxygen atoms in total. The Bertz CT molecular complexity index is 1300. The number of hydrogen-bond donors (Lipinski definition) is 3. The first-order valence-corrected chi connectivity index (χ1v) is 11.0. The maximum Gasteiger partial charge on any atom is 0.409 e. The number of hydrogen-bond acceptors (Lipinski definition) is 10. The highest BCUT2D eigenvalue weighted by Gasteiger charge is 2.27. The van der Waals surface area contributed by atoms with Crippen molar-refractivity contribution >= 4 is 17.7 Å². The Morgan fingerprint density at radius 2 is 1.84 bits per heavy atom. The third-order valence-electron chi connectivity index (χ3n) is 5.16. The van der Waals surface area contributed by atoms with Gasteiger partial charge in [-0.3, -0.25) is 14.9 Å². The lowest BCUT2D eigenvalue weighted by Gasteiger charge is -2.34. The largest absolute Gasteiger partial charge is 0.508 e. The van der Waals surface area contributed by atoms with Gasteiger partial charge in [0.05, 0.1) is 12.0 Å². The van der Waals surface area contributed by atoms with Gasteiger partial charge < -0.3 is 34.4 Å². The molecule has 3 rings (SSSR count). The Morgan fingerprint density at radius 1 is 1.16 bits per heavy atom. The lowest BCUT2D eigenvalue weighted by Crippen LogP contribution is -2.49. The molecule has 196 valence electrons. The molecule has 13 heteroatoms. The lowest BCUT2D eigenvalue weighted by atomic mass is 10.1. The molecule has 1 aromatic heterocycles. The number of nitrogens with one attached hydrogen (secondary N) is 1. The number of nitro groups is 1. The summed E-state index contributed by atoms with van der Waals surface area (Å²) in [5.74, 6) is -1.23. The standard InChI is InChI=1S/C24H26N4O9/c1-24(2,3)27(23(32)35-4)10-9-25-22(31)17-13-20(37-26-17)21-18(30)11-15(29)12-19(21)36-16-7-5-14(6-8-16)28(33)34/h5-8,11-13,29-30H,9-10H2,1-4H3,(H,25,31). The number of nitro benzene ring substituents is 1. The normalized spacial score (nSPS) is 11.0. The molecular weight excluding hydrogens is 488 g/mol. The van der Waals surface area contributed by atoms with Crippen molar-refractivity contribution in [3.63, 3.8) is 0 Å². The van der Waals surface area contributed by atoms with Crippen molar-refractivity contribution in [3.05, 3.63) is 58.3 Å². The van der Waals surface area contributed by atoms with E-state index in [4.69, 9.17) is 14.0 Å². The average molecular weight is 514 g/mol. The summed E-state index contributed by atoms with van der Waals surface area (Å²) in [4.78, 5) is 36.4. The van der Waals surface area contributed by atoms with Crippen LogP contribution in [-0.2, 0) is 4.74 Å². The number of aromatic hydroxyl groups is 2. The summed E-state index contributed by atoms with van der Waals surface area (Å²) in [5.41, 5.74) is -0.791. The van der Waals surface area contributed by atoms with E-state index in [0.717, 1.165) is 6.07 Å². The fourth-order valence-corrected chi connectivity index (χ4v) is 3.36. The molecule has 2 aromatic carbocycles. The monoisotopic (exact) mass is 514 g/mol. The van der Waals surface area contributed by atoms with Crippen LogP contribution in [0, 0.1) is 10.1 Å². The van der Waals surface area contributed by atoms with E-state index in [9.17, 15) is 29.9 Å². The van der Waals surface area contributed by atoms with E-state index < -0.39 is 28.2 Å². The summed E-state index contributed by atoms with van der Waals surface area (Å²) in [5, 5.41) is 37.6. The minimum Gasteiger partial charge on any atom is -0.508 e. The van der Waals surface area contributed by atoms with Crippen molar-refractivity contribution in [1.29, 1.82) is 0 Å². The first-order chi connectivity index (χ1) is 17.4. The van der Waals surface area contributed by atoms with Gasteiger partial charge in [0, 0.05) is 49.0 Å². The topological polar surface area (TPSA) is 178 Å². The third-order valence-corrected chi connectivity index (χ3v) is 5.16. The number of rotatable bonds is 8. The van der Waals surface area contributed by atoms with Crippen LogP contribution in [0.1, 0.15) is 31.3 Å². The van der Waals surface area contributed by atoms with Gasteiger partial charge in [0.1, 0.15) is 28.6 Å². The van der Waals surface area contributed by atoms with Gasteiger partial charge in [-0.05, 0) is 32.9 Å². The minimum absolute atomic E-state index is 0.00713. The molecule has 0 fully saturated rings.